The van der Waals surface area contributed by atoms with Crippen LogP contribution in [0.5, 0.6) is 0 Å². The second-order valence-electron chi connectivity index (χ2n) is 4.60. The molecule has 0 atom stereocenters. The smallest absolute Gasteiger partial charge is 0.335 e. The number of benzene rings is 1. The Kier molecular flexibility index (Phi) is 4.10. The fourth-order valence-corrected chi connectivity index (χ4v) is 2.91. The van der Waals surface area contributed by atoms with E-state index in [1.54, 1.807) is 19.1 Å². The summed E-state index contributed by atoms with van der Waals surface area (Å²) < 4.78 is 25.7. The van der Waals surface area contributed by atoms with Crippen LogP contribution in [0.25, 0.3) is 0 Å². The van der Waals surface area contributed by atoms with Crippen LogP contribution in [0.3, 0.4) is 0 Å². The van der Waals surface area contributed by atoms with Crippen molar-refractivity contribution >= 4 is 16.0 Å². The third kappa shape index (κ3) is 3.29. The van der Waals surface area contributed by atoms with Crippen molar-refractivity contribution < 1.29 is 18.3 Å². The van der Waals surface area contributed by atoms with Crippen LogP contribution in [0.1, 0.15) is 21.7 Å². The molecular formula is C13H15N3O4S. The predicted octanol–water partition coefficient (Wildman–Crippen LogP) is 1.24. The first-order valence-corrected chi connectivity index (χ1v) is 7.55. The van der Waals surface area contributed by atoms with Crippen LogP contribution in [0.2, 0.25) is 0 Å². The van der Waals surface area contributed by atoms with Crippen molar-refractivity contribution in [2.24, 2.45) is 0 Å². The van der Waals surface area contributed by atoms with Crippen LogP contribution < -0.4 is 0 Å². The molecule has 0 saturated heterocycles. The van der Waals surface area contributed by atoms with Crippen LogP contribution in [0.15, 0.2) is 35.5 Å². The molecule has 2 N–H and O–H groups in total. The molecule has 0 saturated carbocycles. The van der Waals surface area contributed by atoms with Crippen LogP contribution in [0, 0.1) is 6.92 Å². The summed E-state index contributed by atoms with van der Waals surface area (Å²) in [6, 6.07) is 6.07. The molecule has 0 radical (unpaired) electrons. The number of sulfonamides is 1. The lowest BCUT2D eigenvalue weighted by Crippen LogP contribution is -2.26. The van der Waals surface area contributed by atoms with Gasteiger partial charge in [-0.1, -0.05) is 12.1 Å². The van der Waals surface area contributed by atoms with Gasteiger partial charge in [0.05, 0.1) is 11.8 Å². The number of carboxylic acids is 1. The van der Waals surface area contributed by atoms with Crippen molar-refractivity contribution in [1.82, 2.24) is 14.3 Å². The molecule has 112 valence electrons. The number of aromatic carboxylic acids is 1. The van der Waals surface area contributed by atoms with Crippen molar-refractivity contribution in [3.63, 3.8) is 0 Å². The number of aromatic nitrogens is 2. The Hall–Kier alpha value is -2.19. The maximum absolute atomic E-state index is 12.3. The van der Waals surface area contributed by atoms with E-state index < -0.39 is 16.0 Å². The monoisotopic (exact) mass is 309 g/mol. The highest BCUT2D eigenvalue weighted by Gasteiger charge is 2.22. The zero-order valence-corrected chi connectivity index (χ0v) is 12.4. The molecule has 1 aromatic heterocycles. The number of carbonyl (C=O) groups is 1. The zero-order chi connectivity index (χ0) is 15.6. The second kappa shape index (κ2) is 5.66. The fraction of sp³-hybridized carbons (Fsp3) is 0.231. The van der Waals surface area contributed by atoms with Crippen LogP contribution in [-0.4, -0.2) is 40.8 Å². The molecule has 0 unspecified atom stereocenters. The minimum atomic E-state index is -3.64. The molecule has 2 rings (SSSR count). The lowest BCUT2D eigenvalue weighted by Gasteiger charge is -2.16. The molecule has 0 fully saturated rings. The van der Waals surface area contributed by atoms with Crippen molar-refractivity contribution in [3.8, 4) is 0 Å². The summed E-state index contributed by atoms with van der Waals surface area (Å²) in [6.07, 6.45) is 1.27. The summed E-state index contributed by atoms with van der Waals surface area (Å²) in [6.45, 7) is 1.81. The SMILES string of the molecule is Cc1ncc(S(=O)(=O)N(C)Cc2ccc(C(=O)O)cc2)[nH]1. The highest BCUT2D eigenvalue weighted by atomic mass is 32.2. The number of rotatable bonds is 5. The van der Waals surface area contributed by atoms with Crippen LogP contribution in [0.4, 0.5) is 0 Å². The largest absolute Gasteiger partial charge is 0.478 e. The van der Waals surface area contributed by atoms with Crippen LogP contribution in [-0.2, 0) is 16.6 Å². The number of aromatic amines is 1. The molecular weight excluding hydrogens is 294 g/mol. The van der Waals surface area contributed by atoms with Gasteiger partial charge in [0, 0.05) is 13.6 Å². The Labute approximate surface area is 122 Å². The van der Waals surface area contributed by atoms with Gasteiger partial charge in [0.2, 0.25) is 0 Å². The molecule has 1 heterocycles. The maximum atomic E-state index is 12.3. The Morgan fingerprint density at radius 1 is 1.33 bits per heavy atom. The number of aryl methyl sites for hydroxylation is 1. The van der Waals surface area contributed by atoms with E-state index in [1.807, 2.05) is 0 Å². The van der Waals surface area contributed by atoms with Gasteiger partial charge >= 0.3 is 5.97 Å². The third-order valence-corrected chi connectivity index (χ3v) is 4.69. The average molecular weight is 309 g/mol. The van der Waals surface area contributed by atoms with E-state index in [9.17, 15) is 13.2 Å². The highest BCUT2D eigenvalue weighted by molar-refractivity contribution is 7.89. The van der Waals surface area contributed by atoms with Gasteiger partial charge in [-0.05, 0) is 24.6 Å². The summed E-state index contributed by atoms with van der Waals surface area (Å²) >= 11 is 0. The Morgan fingerprint density at radius 3 is 2.43 bits per heavy atom. The van der Waals surface area contributed by atoms with E-state index in [1.165, 1.54) is 29.7 Å². The van der Waals surface area contributed by atoms with Gasteiger partial charge in [0.1, 0.15) is 5.82 Å². The lowest BCUT2D eigenvalue weighted by atomic mass is 10.1. The Bertz CT molecular complexity index is 750. The first kappa shape index (κ1) is 15.2. The number of carboxylic acid groups (broad SMARTS) is 1. The quantitative estimate of drug-likeness (QED) is 0.864. The molecule has 0 spiro atoms. The molecule has 0 aliphatic carbocycles. The summed E-state index contributed by atoms with van der Waals surface area (Å²) in [5.74, 6) is -0.497. The van der Waals surface area contributed by atoms with Gasteiger partial charge in [-0.3, -0.25) is 0 Å². The Balaban J connectivity index is 2.17. The molecule has 7 nitrogen and oxygen atoms in total. The van der Waals surface area contributed by atoms with Crippen LogP contribution >= 0.6 is 0 Å². The second-order valence-corrected chi connectivity index (χ2v) is 6.61. The van der Waals surface area contributed by atoms with E-state index in [0.717, 1.165) is 0 Å². The molecule has 2 aromatic rings. The number of nitrogens with zero attached hydrogens (tertiary/aromatic N) is 2. The van der Waals surface area contributed by atoms with Crippen molar-refractivity contribution in [2.75, 3.05) is 7.05 Å². The normalized spacial score (nSPS) is 11.8. The van der Waals surface area contributed by atoms with E-state index in [0.29, 0.717) is 11.4 Å². The van der Waals surface area contributed by atoms with E-state index in [4.69, 9.17) is 5.11 Å². The Morgan fingerprint density at radius 2 is 1.95 bits per heavy atom. The number of nitrogens with one attached hydrogen (secondary N) is 1. The summed E-state index contributed by atoms with van der Waals surface area (Å²) in [4.78, 5) is 17.3. The molecule has 0 aliphatic rings. The van der Waals surface area contributed by atoms with E-state index >= 15 is 0 Å². The molecule has 1 aromatic carbocycles. The van der Waals surface area contributed by atoms with E-state index in [2.05, 4.69) is 9.97 Å². The van der Waals surface area contributed by atoms with Crippen molar-refractivity contribution in [3.05, 3.63) is 47.4 Å². The van der Waals surface area contributed by atoms with Gasteiger partial charge in [-0.15, -0.1) is 0 Å². The van der Waals surface area contributed by atoms with Gasteiger partial charge in [0.25, 0.3) is 10.0 Å². The minimum absolute atomic E-state index is 0.0321. The zero-order valence-electron chi connectivity index (χ0n) is 11.6. The first-order chi connectivity index (χ1) is 9.80. The summed E-state index contributed by atoms with van der Waals surface area (Å²) in [5, 5.41) is 8.85. The van der Waals surface area contributed by atoms with Gasteiger partial charge in [-0.25, -0.2) is 18.2 Å². The van der Waals surface area contributed by atoms with Gasteiger partial charge < -0.3 is 10.1 Å². The molecule has 0 aliphatic heterocycles. The highest BCUT2D eigenvalue weighted by Crippen LogP contribution is 2.15. The molecule has 0 amide bonds. The third-order valence-electron chi connectivity index (χ3n) is 2.97. The summed E-state index contributed by atoms with van der Waals surface area (Å²) in [7, 11) is -2.19. The minimum Gasteiger partial charge on any atom is -0.478 e. The first-order valence-electron chi connectivity index (χ1n) is 6.11. The van der Waals surface area contributed by atoms with Gasteiger partial charge in [0.15, 0.2) is 5.03 Å². The lowest BCUT2D eigenvalue weighted by molar-refractivity contribution is 0.0697. The number of hydrogen-bond acceptors (Lipinski definition) is 4. The molecule has 0 bridgehead atoms. The predicted molar refractivity (Wildman–Crippen MR) is 75.4 cm³/mol. The topological polar surface area (TPSA) is 103 Å². The maximum Gasteiger partial charge on any atom is 0.335 e. The summed E-state index contributed by atoms with van der Waals surface area (Å²) in [5.41, 5.74) is 0.857. The van der Waals surface area contributed by atoms with Crippen molar-refractivity contribution in [1.29, 1.82) is 0 Å². The van der Waals surface area contributed by atoms with E-state index in [-0.39, 0.29) is 17.1 Å². The number of imidazole rings is 1. The number of hydrogen-bond donors (Lipinski definition) is 2. The average Bonchev–Trinajstić information content (AvgIpc) is 2.86. The van der Waals surface area contributed by atoms with Gasteiger partial charge in [-0.2, -0.15) is 4.31 Å². The number of H-pyrrole nitrogens is 1. The fourth-order valence-electron chi connectivity index (χ4n) is 1.79. The molecule has 21 heavy (non-hydrogen) atoms. The molecule has 8 heteroatoms. The standard InChI is InChI=1S/C13H15N3O4S/c1-9-14-7-12(15-9)21(19,20)16(2)8-10-3-5-11(6-4-10)13(17)18/h3-7H,8H2,1-2H3,(H,14,15)(H,17,18). The van der Waals surface area contributed by atoms with Crippen molar-refractivity contribution in [2.45, 2.75) is 18.5 Å².